The lowest BCUT2D eigenvalue weighted by molar-refractivity contribution is 0.0912. The van der Waals surface area contributed by atoms with Gasteiger partial charge in [0.15, 0.2) is 12.0 Å². The standard InChI is InChI=1S/C18H20N4O3S/c1-10(23)17-20-21-18(26-17)12-7-13(8-12)19-16(24)14-9-15(25-22-14)11-5-3-2-4-6-11/h2-6,9-10,12-13,16,19,23-24H,7-8H2,1H3/t10-,12?,13?,16?/m1/s1. The summed E-state index contributed by atoms with van der Waals surface area (Å²) >= 11 is 1.45. The number of aliphatic hydroxyl groups excluding tert-OH is 2. The molecule has 0 bridgehead atoms. The Morgan fingerprint density at radius 3 is 2.65 bits per heavy atom. The van der Waals surface area contributed by atoms with Crippen molar-refractivity contribution in [3.63, 3.8) is 0 Å². The molecule has 8 heteroatoms. The zero-order chi connectivity index (χ0) is 18.1. The number of nitrogens with one attached hydrogen (secondary N) is 1. The van der Waals surface area contributed by atoms with Gasteiger partial charge in [0.2, 0.25) is 0 Å². The van der Waals surface area contributed by atoms with Crippen molar-refractivity contribution in [3.8, 4) is 11.3 Å². The zero-order valence-electron chi connectivity index (χ0n) is 14.2. The number of aromatic nitrogens is 3. The van der Waals surface area contributed by atoms with Crippen molar-refractivity contribution in [1.29, 1.82) is 0 Å². The van der Waals surface area contributed by atoms with Crippen molar-refractivity contribution in [2.45, 2.75) is 44.1 Å². The van der Waals surface area contributed by atoms with E-state index in [1.807, 2.05) is 30.3 Å². The first-order chi connectivity index (χ1) is 12.6. The average molecular weight is 372 g/mol. The van der Waals surface area contributed by atoms with Gasteiger partial charge < -0.3 is 14.7 Å². The molecule has 2 aromatic heterocycles. The molecule has 26 heavy (non-hydrogen) atoms. The van der Waals surface area contributed by atoms with E-state index in [4.69, 9.17) is 4.52 Å². The molecule has 0 radical (unpaired) electrons. The van der Waals surface area contributed by atoms with Crippen LogP contribution in [0.5, 0.6) is 0 Å². The van der Waals surface area contributed by atoms with Crippen LogP contribution in [0, 0.1) is 0 Å². The minimum absolute atomic E-state index is 0.186. The van der Waals surface area contributed by atoms with Crippen LogP contribution in [0.3, 0.4) is 0 Å². The van der Waals surface area contributed by atoms with Crippen molar-refractivity contribution >= 4 is 11.3 Å². The lowest BCUT2D eigenvalue weighted by Crippen LogP contribution is -2.42. The molecule has 136 valence electrons. The summed E-state index contributed by atoms with van der Waals surface area (Å²) in [6.45, 7) is 1.69. The van der Waals surface area contributed by atoms with Crippen molar-refractivity contribution in [3.05, 3.63) is 52.1 Å². The molecule has 3 N–H and O–H groups in total. The number of benzene rings is 1. The molecule has 1 fully saturated rings. The molecule has 1 saturated carbocycles. The summed E-state index contributed by atoms with van der Waals surface area (Å²) in [5, 5.41) is 36.8. The molecule has 1 aliphatic carbocycles. The molecular formula is C18H20N4O3S. The van der Waals surface area contributed by atoms with Gasteiger partial charge in [-0.05, 0) is 19.8 Å². The number of nitrogens with zero attached hydrogens (tertiary/aromatic N) is 3. The van der Waals surface area contributed by atoms with E-state index in [0.717, 1.165) is 23.4 Å². The number of hydrogen-bond acceptors (Lipinski definition) is 8. The second-order valence-electron chi connectivity index (χ2n) is 6.57. The Hall–Kier alpha value is -2.13. The second-order valence-corrected chi connectivity index (χ2v) is 7.61. The first kappa shape index (κ1) is 17.3. The molecule has 0 saturated heterocycles. The van der Waals surface area contributed by atoms with Gasteiger partial charge in [-0.1, -0.05) is 46.8 Å². The van der Waals surface area contributed by atoms with Crippen molar-refractivity contribution in [2.24, 2.45) is 0 Å². The summed E-state index contributed by atoms with van der Waals surface area (Å²) in [4.78, 5) is 0. The Morgan fingerprint density at radius 2 is 1.96 bits per heavy atom. The third-order valence-electron chi connectivity index (χ3n) is 4.56. The van der Waals surface area contributed by atoms with E-state index < -0.39 is 12.3 Å². The smallest absolute Gasteiger partial charge is 0.167 e. The van der Waals surface area contributed by atoms with Gasteiger partial charge in [-0.3, -0.25) is 5.32 Å². The van der Waals surface area contributed by atoms with Crippen LogP contribution in [0.15, 0.2) is 40.9 Å². The van der Waals surface area contributed by atoms with Crippen molar-refractivity contribution in [2.75, 3.05) is 0 Å². The normalized spacial score (nSPS) is 22.0. The van der Waals surface area contributed by atoms with Crippen molar-refractivity contribution < 1.29 is 14.7 Å². The van der Waals surface area contributed by atoms with Gasteiger partial charge in [0.05, 0.1) is 0 Å². The second kappa shape index (κ2) is 7.24. The van der Waals surface area contributed by atoms with Gasteiger partial charge >= 0.3 is 0 Å². The highest BCUT2D eigenvalue weighted by atomic mass is 32.1. The maximum atomic E-state index is 10.4. The molecule has 3 aromatic rings. The molecule has 1 unspecified atom stereocenters. The van der Waals surface area contributed by atoms with E-state index in [1.165, 1.54) is 11.3 Å². The molecule has 7 nitrogen and oxygen atoms in total. The minimum atomic E-state index is -0.871. The van der Waals surface area contributed by atoms with Gasteiger partial charge in [-0.15, -0.1) is 10.2 Å². The van der Waals surface area contributed by atoms with Crippen LogP contribution in [0.4, 0.5) is 0 Å². The molecule has 0 aliphatic heterocycles. The van der Waals surface area contributed by atoms with E-state index in [2.05, 4.69) is 20.7 Å². The van der Waals surface area contributed by atoms with Gasteiger partial charge in [-0.2, -0.15) is 0 Å². The number of rotatable bonds is 6. The topological polar surface area (TPSA) is 104 Å². The lowest BCUT2D eigenvalue weighted by atomic mass is 9.80. The third kappa shape index (κ3) is 3.54. The Bertz CT molecular complexity index is 858. The van der Waals surface area contributed by atoms with Crippen LogP contribution < -0.4 is 5.32 Å². The predicted molar refractivity (Wildman–Crippen MR) is 96.3 cm³/mol. The van der Waals surface area contributed by atoms with Gasteiger partial charge in [0.25, 0.3) is 0 Å². The van der Waals surface area contributed by atoms with Gasteiger partial charge in [0, 0.05) is 23.6 Å². The first-order valence-electron chi connectivity index (χ1n) is 8.57. The summed E-state index contributed by atoms with van der Waals surface area (Å²) in [7, 11) is 0. The fraction of sp³-hybridized carbons (Fsp3) is 0.389. The molecule has 2 atom stereocenters. The average Bonchev–Trinajstić information content (AvgIpc) is 3.28. The zero-order valence-corrected chi connectivity index (χ0v) is 15.1. The summed E-state index contributed by atoms with van der Waals surface area (Å²) in [6, 6.07) is 11.6. The molecule has 1 aliphatic rings. The van der Waals surface area contributed by atoms with Crippen LogP contribution in [-0.4, -0.2) is 31.6 Å². The minimum Gasteiger partial charge on any atom is -0.386 e. The Morgan fingerprint density at radius 1 is 1.19 bits per heavy atom. The summed E-state index contributed by atoms with van der Waals surface area (Å²) in [6.07, 6.45) is 0.289. The fourth-order valence-corrected chi connectivity index (χ4v) is 3.91. The summed E-state index contributed by atoms with van der Waals surface area (Å²) in [5.74, 6) is 0.953. The van der Waals surface area contributed by atoms with Gasteiger partial charge in [0.1, 0.15) is 21.8 Å². The fourth-order valence-electron chi connectivity index (χ4n) is 3.00. The van der Waals surface area contributed by atoms with Gasteiger partial charge in [-0.25, -0.2) is 0 Å². The monoisotopic (exact) mass is 372 g/mol. The van der Waals surface area contributed by atoms with Crippen LogP contribution in [0.25, 0.3) is 11.3 Å². The maximum Gasteiger partial charge on any atom is 0.167 e. The van der Waals surface area contributed by atoms with Crippen LogP contribution in [0.2, 0.25) is 0 Å². The van der Waals surface area contributed by atoms with E-state index in [0.29, 0.717) is 22.4 Å². The largest absolute Gasteiger partial charge is 0.386 e. The molecule has 0 amide bonds. The van der Waals surface area contributed by atoms with Crippen molar-refractivity contribution in [1.82, 2.24) is 20.7 Å². The van der Waals surface area contributed by atoms with Crippen LogP contribution in [0.1, 0.15) is 53.7 Å². The first-order valence-corrected chi connectivity index (χ1v) is 9.39. The molecule has 2 heterocycles. The maximum absolute atomic E-state index is 10.4. The molecule has 0 spiro atoms. The highest BCUT2D eigenvalue weighted by molar-refractivity contribution is 7.11. The molecular weight excluding hydrogens is 352 g/mol. The van der Waals surface area contributed by atoms with E-state index in [-0.39, 0.29) is 6.04 Å². The third-order valence-corrected chi connectivity index (χ3v) is 5.82. The Labute approximate surface area is 154 Å². The van der Waals surface area contributed by atoms with E-state index in [9.17, 15) is 10.2 Å². The van der Waals surface area contributed by atoms with E-state index >= 15 is 0 Å². The summed E-state index contributed by atoms with van der Waals surface area (Å²) < 4.78 is 5.33. The van der Waals surface area contributed by atoms with Crippen LogP contribution >= 0.6 is 11.3 Å². The molecule has 4 rings (SSSR count). The number of aliphatic hydroxyl groups is 2. The number of hydrogen-bond donors (Lipinski definition) is 3. The SMILES string of the molecule is C[C@@H](O)c1nnc(C2CC(NC(O)c3cc(-c4ccccc4)on3)C2)s1. The lowest BCUT2D eigenvalue weighted by Gasteiger charge is -2.35. The van der Waals surface area contributed by atoms with E-state index in [1.54, 1.807) is 13.0 Å². The highest BCUT2D eigenvalue weighted by Gasteiger charge is 2.34. The Balaban J connectivity index is 1.32. The highest BCUT2D eigenvalue weighted by Crippen LogP contribution is 2.39. The summed E-state index contributed by atoms with van der Waals surface area (Å²) in [5.41, 5.74) is 1.40. The Kier molecular flexibility index (Phi) is 4.82. The quantitative estimate of drug-likeness (QED) is 0.572. The molecule has 1 aromatic carbocycles. The predicted octanol–water partition coefficient (Wildman–Crippen LogP) is 2.77. The van der Waals surface area contributed by atoms with Crippen LogP contribution in [-0.2, 0) is 0 Å².